The van der Waals surface area contributed by atoms with E-state index >= 15 is 0 Å². The summed E-state index contributed by atoms with van der Waals surface area (Å²) < 4.78 is 7.17. The summed E-state index contributed by atoms with van der Waals surface area (Å²) in [4.78, 5) is 15.5. The lowest BCUT2D eigenvalue weighted by atomic mass is 10.2. The average molecular weight is 239 g/mol. The Hall–Kier alpha value is -1.52. The molecule has 0 radical (unpaired) electrons. The fourth-order valence-electron chi connectivity index (χ4n) is 1.41. The molecule has 0 atom stereocenters. The highest BCUT2D eigenvalue weighted by Gasteiger charge is 2.16. The molecule has 5 nitrogen and oxygen atoms in total. The van der Waals surface area contributed by atoms with Crippen molar-refractivity contribution >= 4 is 6.09 Å². The fraction of sp³-hybridized carbons (Fsp3) is 0.667. The molecule has 17 heavy (non-hydrogen) atoms. The maximum absolute atomic E-state index is 11.5. The lowest BCUT2D eigenvalue weighted by Gasteiger charge is -2.20. The molecule has 5 heteroatoms. The van der Waals surface area contributed by atoms with Gasteiger partial charge in [-0.1, -0.05) is 0 Å². The van der Waals surface area contributed by atoms with E-state index in [2.05, 4.69) is 24.1 Å². The number of carbonyl (C=O) groups excluding carboxylic acids is 1. The van der Waals surface area contributed by atoms with Gasteiger partial charge in [0, 0.05) is 12.2 Å². The molecule has 0 aliphatic heterocycles. The van der Waals surface area contributed by atoms with Crippen molar-refractivity contribution in [2.45, 2.75) is 52.8 Å². The minimum atomic E-state index is -0.470. The first-order valence-corrected chi connectivity index (χ1v) is 5.77. The quantitative estimate of drug-likeness (QED) is 0.881. The van der Waals surface area contributed by atoms with E-state index in [0.717, 1.165) is 5.69 Å². The summed E-state index contributed by atoms with van der Waals surface area (Å²) in [6, 6.07) is 0.327. The Bertz CT molecular complexity index is 377. The third-order valence-corrected chi connectivity index (χ3v) is 2.12. The number of aromatic nitrogens is 2. The van der Waals surface area contributed by atoms with Gasteiger partial charge < -0.3 is 14.6 Å². The van der Waals surface area contributed by atoms with E-state index in [1.807, 2.05) is 25.3 Å². The van der Waals surface area contributed by atoms with Crippen LogP contribution in [0.25, 0.3) is 0 Å². The van der Waals surface area contributed by atoms with Crippen LogP contribution in [-0.2, 0) is 11.3 Å². The van der Waals surface area contributed by atoms with Gasteiger partial charge in [0.05, 0.1) is 18.6 Å². The molecule has 0 spiro atoms. The smallest absolute Gasteiger partial charge is 0.407 e. The summed E-state index contributed by atoms with van der Waals surface area (Å²) in [6.07, 6.45) is 3.10. The van der Waals surface area contributed by atoms with E-state index in [9.17, 15) is 4.79 Å². The first-order valence-electron chi connectivity index (χ1n) is 5.77. The Morgan fingerprint density at radius 3 is 2.71 bits per heavy atom. The van der Waals surface area contributed by atoms with Crippen LogP contribution in [0.2, 0.25) is 0 Å². The van der Waals surface area contributed by atoms with Crippen molar-refractivity contribution in [3.05, 3.63) is 18.2 Å². The van der Waals surface area contributed by atoms with Crippen LogP contribution in [0.4, 0.5) is 4.79 Å². The second kappa shape index (κ2) is 5.21. The lowest BCUT2D eigenvalue weighted by Crippen LogP contribution is -2.32. The van der Waals surface area contributed by atoms with Crippen molar-refractivity contribution in [1.82, 2.24) is 14.9 Å². The van der Waals surface area contributed by atoms with Gasteiger partial charge in [-0.25, -0.2) is 9.78 Å². The van der Waals surface area contributed by atoms with Crippen molar-refractivity contribution in [3.8, 4) is 0 Å². The van der Waals surface area contributed by atoms with Gasteiger partial charge in [-0.3, -0.25) is 0 Å². The molecule has 1 N–H and O–H groups in total. The van der Waals surface area contributed by atoms with Gasteiger partial charge >= 0.3 is 6.09 Å². The number of amides is 1. The topological polar surface area (TPSA) is 56.2 Å². The second-order valence-electron chi connectivity index (χ2n) is 5.24. The number of hydrogen-bond donors (Lipinski definition) is 1. The van der Waals surface area contributed by atoms with Crippen LogP contribution in [0.5, 0.6) is 0 Å². The Morgan fingerprint density at radius 2 is 2.18 bits per heavy atom. The number of carbonyl (C=O) groups is 1. The molecule has 0 aliphatic carbocycles. The van der Waals surface area contributed by atoms with Crippen LogP contribution in [0, 0.1) is 0 Å². The summed E-state index contributed by atoms with van der Waals surface area (Å²) in [5.74, 6) is 0. The maximum atomic E-state index is 11.5. The molecule has 0 fully saturated rings. The van der Waals surface area contributed by atoms with Crippen LogP contribution in [0.3, 0.4) is 0 Å². The Labute approximate surface area is 102 Å². The predicted octanol–water partition coefficient (Wildman–Crippen LogP) is 2.49. The molecule has 1 rings (SSSR count). The predicted molar refractivity (Wildman–Crippen MR) is 65.7 cm³/mol. The van der Waals surface area contributed by atoms with E-state index in [1.54, 1.807) is 12.5 Å². The zero-order valence-electron chi connectivity index (χ0n) is 11.2. The van der Waals surface area contributed by atoms with Crippen LogP contribution >= 0.6 is 0 Å². The summed E-state index contributed by atoms with van der Waals surface area (Å²) in [6.45, 7) is 10.1. The SMILES string of the molecule is CC(C)n1cncc1CNC(=O)OC(C)(C)C. The highest BCUT2D eigenvalue weighted by molar-refractivity contribution is 5.67. The Morgan fingerprint density at radius 1 is 1.53 bits per heavy atom. The van der Waals surface area contributed by atoms with E-state index in [1.165, 1.54) is 0 Å². The number of nitrogens with zero attached hydrogens (tertiary/aromatic N) is 2. The minimum absolute atomic E-state index is 0.327. The maximum Gasteiger partial charge on any atom is 0.407 e. The first-order chi connectivity index (χ1) is 7.79. The molecule has 0 unspecified atom stereocenters. The largest absolute Gasteiger partial charge is 0.444 e. The molecule has 1 heterocycles. The van der Waals surface area contributed by atoms with Crippen LogP contribution < -0.4 is 5.32 Å². The van der Waals surface area contributed by atoms with Gasteiger partial charge in [-0.2, -0.15) is 0 Å². The van der Waals surface area contributed by atoms with E-state index in [0.29, 0.717) is 12.6 Å². The van der Waals surface area contributed by atoms with Crippen molar-refractivity contribution in [2.75, 3.05) is 0 Å². The summed E-state index contributed by atoms with van der Waals surface area (Å²) >= 11 is 0. The second-order valence-corrected chi connectivity index (χ2v) is 5.24. The normalized spacial score (nSPS) is 11.6. The lowest BCUT2D eigenvalue weighted by molar-refractivity contribution is 0.0522. The summed E-state index contributed by atoms with van der Waals surface area (Å²) in [7, 11) is 0. The average Bonchev–Trinajstić information content (AvgIpc) is 2.59. The Kier molecular flexibility index (Phi) is 4.15. The van der Waals surface area contributed by atoms with Gasteiger partial charge in [0.25, 0.3) is 0 Å². The molecule has 1 aromatic heterocycles. The third-order valence-electron chi connectivity index (χ3n) is 2.12. The molecule has 1 amide bonds. The van der Waals surface area contributed by atoms with Gasteiger partial charge in [0.1, 0.15) is 5.60 Å². The van der Waals surface area contributed by atoms with Crippen LogP contribution in [0.1, 0.15) is 46.4 Å². The summed E-state index contributed by atoms with van der Waals surface area (Å²) in [5.41, 5.74) is 0.494. The van der Waals surface area contributed by atoms with Gasteiger partial charge in [-0.15, -0.1) is 0 Å². The fourth-order valence-corrected chi connectivity index (χ4v) is 1.41. The number of imidazole rings is 1. The van der Waals surface area contributed by atoms with E-state index < -0.39 is 11.7 Å². The highest BCUT2D eigenvalue weighted by Crippen LogP contribution is 2.09. The highest BCUT2D eigenvalue weighted by atomic mass is 16.6. The van der Waals surface area contributed by atoms with Gasteiger partial charge in [0.2, 0.25) is 0 Å². The molecule has 0 aliphatic rings. The number of nitrogens with one attached hydrogen (secondary N) is 1. The monoisotopic (exact) mass is 239 g/mol. The number of alkyl carbamates (subject to hydrolysis) is 1. The van der Waals surface area contributed by atoms with Crippen molar-refractivity contribution in [2.24, 2.45) is 0 Å². The van der Waals surface area contributed by atoms with Crippen LogP contribution in [0.15, 0.2) is 12.5 Å². The van der Waals surface area contributed by atoms with Crippen LogP contribution in [-0.4, -0.2) is 21.2 Å². The number of hydrogen-bond acceptors (Lipinski definition) is 3. The molecule has 0 saturated carbocycles. The van der Waals surface area contributed by atoms with Crippen molar-refractivity contribution in [3.63, 3.8) is 0 Å². The van der Waals surface area contributed by atoms with Crippen molar-refractivity contribution in [1.29, 1.82) is 0 Å². The molecule has 0 aromatic carbocycles. The molecular weight excluding hydrogens is 218 g/mol. The molecule has 0 bridgehead atoms. The molecule has 96 valence electrons. The summed E-state index contributed by atoms with van der Waals surface area (Å²) in [5, 5.41) is 2.71. The third kappa shape index (κ3) is 4.46. The zero-order chi connectivity index (χ0) is 13.1. The van der Waals surface area contributed by atoms with E-state index in [4.69, 9.17) is 4.74 Å². The number of ether oxygens (including phenoxy) is 1. The molecule has 1 aromatic rings. The molecule has 0 saturated heterocycles. The van der Waals surface area contributed by atoms with E-state index in [-0.39, 0.29) is 0 Å². The molecular formula is C12H21N3O2. The number of rotatable bonds is 3. The Balaban J connectivity index is 2.50. The first kappa shape index (κ1) is 13.5. The van der Waals surface area contributed by atoms with Gasteiger partial charge in [0.15, 0.2) is 0 Å². The zero-order valence-corrected chi connectivity index (χ0v) is 11.2. The minimum Gasteiger partial charge on any atom is -0.444 e. The van der Waals surface area contributed by atoms with Gasteiger partial charge in [-0.05, 0) is 34.6 Å². The van der Waals surface area contributed by atoms with Crippen molar-refractivity contribution < 1.29 is 9.53 Å². The standard InChI is InChI=1S/C12H21N3O2/c1-9(2)15-8-13-6-10(15)7-14-11(16)17-12(3,4)5/h6,8-9H,7H2,1-5H3,(H,14,16).